The number of benzene rings is 2. The van der Waals surface area contributed by atoms with Crippen LogP contribution in [-0.2, 0) is 0 Å². The lowest BCUT2D eigenvalue weighted by Gasteiger charge is -2.12. The Bertz CT molecular complexity index is 766. The topological polar surface area (TPSA) is 60.2 Å². The number of nitrogens with zero attached hydrogens (tertiary/aromatic N) is 1. The zero-order valence-electron chi connectivity index (χ0n) is 11.8. The normalized spacial score (nSPS) is 10.5. The maximum absolute atomic E-state index is 5.89. The quantitative estimate of drug-likeness (QED) is 0.710. The summed E-state index contributed by atoms with van der Waals surface area (Å²) in [5, 5.41) is 4.47. The number of hydrogen-bond donors (Lipinski definition) is 2. The van der Waals surface area contributed by atoms with E-state index >= 15 is 0 Å². The summed E-state index contributed by atoms with van der Waals surface area (Å²) >= 11 is 0. The van der Waals surface area contributed by atoms with Crippen LogP contribution in [0.1, 0.15) is 6.92 Å². The molecule has 0 unspecified atom stereocenters. The molecule has 2 aromatic carbocycles. The maximum atomic E-state index is 5.89. The van der Waals surface area contributed by atoms with Crippen molar-refractivity contribution >= 4 is 28.0 Å². The van der Waals surface area contributed by atoms with Crippen LogP contribution in [0.2, 0.25) is 0 Å². The van der Waals surface area contributed by atoms with Crippen molar-refractivity contribution in [3.8, 4) is 5.75 Å². The maximum Gasteiger partial charge on any atom is 0.144 e. The first-order valence-electron chi connectivity index (χ1n) is 6.91. The molecule has 0 spiro atoms. The first-order chi connectivity index (χ1) is 10.3. The van der Waals surface area contributed by atoms with Gasteiger partial charge in [0.05, 0.1) is 23.5 Å². The summed E-state index contributed by atoms with van der Waals surface area (Å²) < 4.78 is 5.52. The highest BCUT2D eigenvalue weighted by molar-refractivity contribution is 5.92. The van der Waals surface area contributed by atoms with Crippen molar-refractivity contribution in [1.29, 1.82) is 0 Å². The van der Waals surface area contributed by atoms with E-state index in [1.165, 1.54) is 0 Å². The molecular formula is C17H17N3O. The third kappa shape index (κ3) is 2.74. The fourth-order valence-corrected chi connectivity index (χ4v) is 2.25. The number of ether oxygens (including phenoxy) is 1. The molecule has 0 fully saturated rings. The molecule has 4 heteroatoms. The van der Waals surface area contributed by atoms with Crippen LogP contribution in [0.4, 0.5) is 17.1 Å². The van der Waals surface area contributed by atoms with E-state index in [-0.39, 0.29) is 0 Å². The molecule has 4 nitrogen and oxygen atoms in total. The highest BCUT2D eigenvalue weighted by atomic mass is 16.5. The number of nitrogens with two attached hydrogens (primary N) is 1. The molecule has 106 valence electrons. The van der Waals surface area contributed by atoms with E-state index in [0.717, 1.165) is 22.3 Å². The number of rotatable bonds is 4. The molecule has 0 aliphatic heterocycles. The summed E-state index contributed by atoms with van der Waals surface area (Å²) in [4.78, 5) is 4.44. The Morgan fingerprint density at radius 2 is 2.00 bits per heavy atom. The zero-order valence-corrected chi connectivity index (χ0v) is 11.8. The molecule has 21 heavy (non-hydrogen) atoms. The fraction of sp³-hybridized carbons (Fsp3) is 0.118. The fourth-order valence-electron chi connectivity index (χ4n) is 2.25. The minimum atomic E-state index is 0.587. The molecule has 0 saturated carbocycles. The van der Waals surface area contributed by atoms with Gasteiger partial charge in [-0.2, -0.15) is 0 Å². The Labute approximate surface area is 123 Å². The van der Waals surface area contributed by atoms with Crippen molar-refractivity contribution in [2.45, 2.75) is 6.92 Å². The molecule has 3 aromatic rings. The van der Waals surface area contributed by atoms with Crippen molar-refractivity contribution in [2.75, 3.05) is 17.7 Å². The van der Waals surface area contributed by atoms with Gasteiger partial charge in [-0.25, -0.2) is 0 Å². The van der Waals surface area contributed by atoms with Crippen LogP contribution in [0, 0.1) is 0 Å². The van der Waals surface area contributed by atoms with Crippen LogP contribution in [0.25, 0.3) is 10.9 Å². The van der Waals surface area contributed by atoms with E-state index in [2.05, 4.69) is 10.3 Å². The number of anilines is 3. The summed E-state index contributed by atoms with van der Waals surface area (Å²) in [6.45, 7) is 2.53. The van der Waals surface area contributed by atoms with Crippen LogP contribution in [0.15, 0.2) is 54.7 Å². The molecule has 0 amide bonds. The molecule has 1 aromatic heterocycles. The second-order valence-corrected chi connectivity index (χ2v) is 4.69. The lowest BCUT2D eigenvalue weighted by Crippen LogP contribution is -1.99. The SMILES string of the molecule is CCOc1cc(Nc2cccc3cccnc23)ccc1N. The van der Waals surface area contributed by atoms with Crippen LogP contribution in [-0.4, -0.2) is 11.6 Å². The smallest absolute Gasteiger partial charge is 0.144 e. The number of nitrogens with one attached hydrogen (secondary N) is 1. The van der Waals surface area contributed by atoms with Gasteiger partial charge in [0, 0.05) is 23.3 Å². The Hall–Kier alpha value is -2.75. The van der Waals surface area contributed by atoms with Gasteiger partial charge in [-0.1, -0.05) is 18.2 Å². The van der Waals surface area contributed by atoms with E-state index in [9.17, 15) is 0 Å². The number of nitrogen functional groups attached to an aromatic ring is 1. The van der Waals surface area contributed by atoms with Crippen molar-refractivity contribution in [3.05, 3.63) is 54.7 Å². The first-order valence-corrected chi connectivity index (χ1v) is 6.91. The van der Waals surface area contributed by atoms with Crippen molar-refractivity contribution in [1.82, 2.24) is 4.98 Å². The van der Waals surface area contributed by atoms with Crippen molar-refractivity contribution in [3.63, 3.8) is 0 Å². The lowest BCUT2D eigenvalue weighted by atomic mass is 10.2. The van der Waals surface area contributed by atoms with E-state index in [4.69, 9.17) is 10.5 Å². The highest BCUT2D eigenvalue weighted by Crippen LogP contribution is 2.29. The molecule has 3 N–H and O–H groups in total. The summed E-state index contributed by atoms with van der Waals surface area (Å²) in [5.74, 6) is 0.690. The average Bonchev–Trinajstić information content (AvgIpc) is 2.51. The van der Waals surface area contributed by atoms with Gasteiger partial charge < -0.3 is 15.8 Å². The highest BCUT2D eigenvalue weighted by Gasteiger charge is 2.05. The minimum absolute atomic E-state index is 0.587. The van der Waals surface area contributed by atoms with Gasteiger partial charge in [-0.15, -0.1) is 0 Å². The molecule has 0 atom stereocenters. The molecule has 0 radical (unpaired) electrons. The van der Waals surface area contributed by atoms with Gasteiger partial charge in [0.1, 0.15) is 5.75 Å². The largest absolute Gasteiger partial charge is 0.492 e. The molecule has 0 aliphatic rings. The molecule has 0 bridgehead atoms. The van der Waals surface area contributed by atoms with E-state index in [1.54, 1.807) is 6.20 Å². The third-order valence-corrected chi connectivity index (χ3v) is 3.23. The third-order valence-electron chi connectivity index (χ3n) is 3.23. The van der Waals surface area contributed by atoms with Gasteiger partial charge in [0.2, 0.25) is 0 Å². The summed E-state index contributed by atoms with van der Waals surface area (Å²) in [6, 6.07) is 15.7. The average molecular weight is 279 g/mol. The molecular weight excluding hydrogens is 262 g/mol. The monoisotopic (exact) mass is 279 g/mol. The van der Waals surface area contributed by atoms with Gasteiger partial charge >= 0.3 is 0 Å². The number of hydrogen-bond acceptors (Lipinski definition) is 4. The van der Waals surface area contributed by atoms with Crippen LogP contribution in [0.5, 0.6) is 5.75 Å². The number of aromatic nitrogens is 1. The Morgan fingerprint density at radius 3 is 2.86 bits per heavy atom. The van der Waals surface area contributed by atoms with E-state index < -0.39 is 0 Å². The van der Waals surface area contributed by atoms with Crippen LogP contribution in [0.3, 0.4) is 0 Å². The van der Waals surface area contributed by atoms with E-state index in [1.807, 2.05) is 55.5 Å². The van der Waals surface area contributed by atoms with Gasteiger partial charge in [0.15, 0.2) is 0 Å². The lowest BCUT2D eigenvalue weighted by molar-refractivity contribution is 0.342. The molecule has 0 saturated heterocycles. The number of fused-ring (bicyclic) bond motifs is 1. The first kappa shape index (κ1) is 13.2. The van der Waals surface area contributed by atoms with Gasteiger partial charge in [-0.05, 0) is 31.2 Å². The predicted octanol–water partition coefficient (Wildman–Crippen LogP) is 3.96. The minimum Gasteiger partial charge on any atom is -0.492 e. The Balaban J connectivity index is 1.97. The molecule has 0 aliphatic carbocycles. The van der Waals surface area contributed by atoms with Gasteiger partial charge in [0.25, 0.3) is 0 Å². The zero-order chi connectivity index (χ0) is 14.7. The second-order valence-electron chi connectivity index (χ2n) is 4.69. The van der Waals surface area contributed by atoms with Crippen LogP contribution >= 0.6 is 0 Å². The van der Waals surface area contributed by atoms with E-state index in [0.29, 0.717) is 18.0 Å². The van der Waals surface area contributed by atoms with Gasteiger partial charge in [-0.3, -0.25) is 4.98 Å². The number of pyridine rings is 1. The number of para-hydroxylation sites is 1. The predicted molar refractivity (Wildman–Crippen MR) is 87.0 cm³/mol. The Morgan fingerprint density at radius 1 is 1.14 bits per heavy atom. The standard InChI is InChI=1S/C17H17N3O/c1-2-21-16-11-13(8-9-14(16)18)20-15-7-3-5-12-6-4-10-19-17(12)15/h3-11,20H,2,18H2,1H3. The Kier molecular flexibility index (Phi) is 3.60. The van der Waals surface area contributed by atoms with Crippen LogP contribution < -0.4 is 15.8 Å². The van der Waals surface area contributed by atoms with Crippen molar-refractivity contribution in [2.24, 2.45) is 0 Å². The summed E-state index contributed by atoms with van der Waals surface area (Å²) in [6.07, 6.45) is 1.79. The van der Waals surface area contributed by atoms with Crippen molar-refractivity contribution < 1.29 is 4.74 Å². The molecule has 3 rings (SSSR count). The summed E-state index contributed by atoms with van der Waals surface area (Å²) in [7, 11) is 0. The molecule has 1 heterocycles. The second kappa shape index (κ2) is 5.71. The summed E-state index contributed by atoms with van der Waals surface area (Å²) in [5.41, 5.74) is 9.35.